The van der Waals surface area contributed by atoms with E-state index in [9.17, 15) is 19.5 Å². The van der Waals surface area contributed by atoms with Crippen molar-refractivity contribution < 1.29 is 19.5 Å². The Morgan fingerprint density at radius 3 is 2.58 bits per heavy atom. The van der Waals surface area contributed by atoms with Crippen molar-refractivity contribution >= 4 is 35.1 Å². The van der Waals surface area contributed by atoms with Crippen LogP contribution < -0.4 is 4.90 Å². The molecule has 1 N–H and O–H groups in total. The number of hydrogen-bond acceptors (Lipinski definition) is 3. The van der Waals surface area contributed by atoms with E-state index in [0.717, 1.165) is 0 Å². The van der Waals surface area contributed by atoms with Crippen molar-refractivity contribution in [2.75, 3.05) is 24.5 Å². The zero-order valence-electron chi connectivity index (χ0n) is 14.9. The molecule has 1 aromatic rings. The summed E-state index contributed by atoms with van der Waals surface area (Å²) in [5, 5.41) is 10.1. The number of amides is 2. The number of hydrogen-bond donors (Lipinski definition) is 1. The van der Waals surface area contributed by atoms with E-state index in [1.165, 1.54) is 0 Å². The zero-order valence-corrected chi connectivity index (χ0v) is 15.7. The van der Waals surface area contributed by atoms with Crippen LogP contribution in [-0.2, 0) is 14.4 Å². The average Bonchev–Trinajstić information content (AvgIpc) is 3.20. The number of likely N-dealkylation sites (tertiary alicyclic amines) is 1. The number of carboxylic acid groups (broad SMARTS) is 1. The monoisotopic (exact) mass is 378 g/mol. The second-order valence-corrected chi connectivity index (χ2v) is 7.89. The Kier molecular flexibility index (Phi) is 4.97. The van der Waals surface area contributed by atoms with E-state index >= 15 is 0 Å². The van der Waals surface area contributed by atoms with E-state index in [1.807, 2.05) is 13.8 Å². The molecule has 7 heteroatoms. The molecule has 1 aromatic carbocycles. The van der Waals surface area contributed by atoms with Crippen molar-refractivity contribution in [3.8, 4) is 0 Å². The SMILES string of the molecule is CC(C)C1(C(=O)O)CCN(C(=O)C2CC(=O)N(c3ccccc3Cl)C2)C1. The van der Waals surface area contributed by atoms with Crippen LogP contribution in [-0.4, -0.2) is 47.4 Å². The molecule has 2 amide bonds. The fraction of sp³-hybridized carbons (Fsp3) is 0.526. The van der Waals surface area contributed by atoms with Gasteiger partial charge in [-0.3, -0.25) is 14.4 Å². The number of anilines is 1. The van der Waals surface area contributed by atoms with E-state index in [0.29, 0.717) is 23.7 Å². The van der Waals surface area contributed by atoms with Crippen molar-refractivity contribution in [2.45, 2.75) is 26.7 Å². The molecule has 2 aliphatic heterocycles. The minimum absolute atomic E-state index is 0.0670. The topological polar surface area (TPSA) is 77.9 Å². The molecule has 0 radical (unpaired) electrons. The predicted molar refractivity (Wildman–Crippen MR) is 98.0 cm³/mol. The molecule has 2 atom stereocenters. The van der Waals surface area contributed by atoms with Gasteiger partial charge in [0.2, 0.25) is 11.8 Å². The van der Waals surface area contributed by atoms with Crippen molar-refractivity contribution in [1.82, 2.24) is 4.90 Å². The van der Waals surface area contributed by atoms with Crippen LogP contribution in [0.15, 0.2) is 24.3 Å². The first-order valence-corrected chi connectivity index (χ1v) is 9.21. The molecule has 140 valence electrons. The predicted octanol–water partition coefficient (Wildman–Crippen LogP) is 2.65. The maximum Gasteiger partial charge on any atom is 0.311 e. The summed E-state index contributed by atoms with van der Waals surface area (Å²) in [4.78, 5) is 40.2. The summed E-state index contributed by atoms with van der Waals surface area (Å²) >= 11 is 6.18. The second-order valence-electron chi connectivity index (χ2n) is 7.48. The molecule has 26 heavy (non-hydrogen) atoms. The highest BCUT2D eigenvalue weighted by Crippen LogP contribution is 2.39. The molecule has 2 heterocycles. The lowest BCUT2D eigenvalue weighted by Crippen LogP contribution is -2.42. The Balaban J connectivity index is 1.73. The maximum absolute atomic E-state index is 12.9. The Morgan fingerprint density at radius 1 is 1.31 bits per heavy atom. The van der Waals surface area contributed by atoms with E-state index in [-0.39, 0.29) is 37.2 Å². The van der Waals surface area contributed by atoms with Gasteiger partial charge in [0.05, 0.1) is 22.0 Å². The van der Waals surface area contributed by atoms with Gasteiger partial charge in [-0.1, -0.05) is 37.6 Å². The molecule has 0 aromatic heterocycles. The maximum atomic E-state index is 12.9. The molecular weight excluding hydrogens is 356 g/mol. The van der Waals surface area contributed by atoms with Crippen LogP contribution in [0, 0.1) is 17.3 Å². The quantitative estimate of drug-likeness (QED) is 0.873. The number of carbonyl (C=O) groups is 3. The van der Waals surface area contributed by atoms with Crippen molar-refractivity contribution in [3.63, 3.8) is 0 Å². The zero-order chi connectivity index (χ0) is 19.1. The van der Waals surface area contributed by atoms with Crippen molar-refractivity contribution in [3.05, 3.63) is 29.3 Å². The number of carbonyl (C=O) groups excluding carboxylic acids is 2. The molecule has 6 nitrogen and oxygen atoms in total. The number of benzene rings is 1. The molecule has 2 unspecified atom stereocenters. The summed E-state index contributed by atoms with van der Waals surface area (Å²) < 4.78 is 0. The van der Waals surface area contributed by atoms with Crippen molar-refractivity contribution in [2.24, 2.45) is 17.3 Å². The Morgan fingerprint density at radius 2 is 2.00 bits per heavy atom. The highest BCUT2D eigenvalue weighted by atomic mass is 35.5. The van der Waals surface area contributed by atoms with Crippen LogP contribution in [0.3, 0.4) is 0 Å². The number of carboxylic acids is 1. The van der Waals surface area contributed by atoms with Crippen LogP contribution >= 0.6 is 11.6 Å². The first-order valence-electron chi connectivity index (χ1n) is 8.83. The van der Waals surface area contributed by atoms with E-state index in [4.69, 9.17) is 11.6 Å². The molecule has 0 bridgehead atoms. The van der Waals surface area contributed by atoms with Crippen LogP contribution in [0.2, 0.25) is 5.02 Å². The van der Waals surface area contributed by atoms with Gasteiger partial charge in [0.15, 0.2) is 0 Å². The average molecular weight is 379 g/mol. The summed E-state index contributed by atoms with van der Waals surface area (Å²) in [6.07, 6.45) is 0.572. The summed E-state index contributed by atoms with van der Waals surface area (Å²) in [6.45, 7) is 4.65. The highest BCUT2D eigenvalue weighted by Gasteiger charge is 2.50. The Hall–Kier alpha value is -2.08. The number of para-hydroxylation sites is 1. The van der Waals surface area contributed by atoms with Crippen LogP contribution in [0.25, 0.3) is 0 Å². The largest absolute Gasteiger partial charge is 0.481 e. The van der Waals surface area contributed by atoms with Crippen LogP contribution in [0.5, 0.6) is 0 Å². The molecule has 0 spiro atoms. The molecular formula is C19H23ClN2O4. The minimum Gasteiger partial charge on any atom is -0.481 e. The molecule has 2 fully saturated rings. The molecule has 0 saturated carbocycles. The van der Waals surface area contributed by atoms with Gasteiger partial charge in [-0.25, -0.2) is 0 Å². The summed E-state index contributed by atoms with van der Waals surface area (Å²) in [5.74, 6) is -1.66. The second kappa shape index (κ2) is 6.91. The molecule has 0 aliphatic carbocycles. The smallest absolute Gasteiger partial charge is 0.311 e. The number of aliphatic carboxylic acids is 1. The van der Waals surface area contributed by atoms with Gasteiger partial charge >= 0.3 is 5.97 Å². The third-order valence-electron chi connectivity index (χ3n) is 5.76. The summed E-state index contributed by atoms with van der Waals surface area (Å²) in [7, 11) is 0. The standard InChI is InChI=1S/C19H23ClN2O4/c1-12(2)19(18(25)26)7-8-21(11-19)17(24)13-9-16(23)22(10-13)15-6-4-3-5-14(15)20/h3-6,12-13H,7-11H2,1-2H3,(H,25,26). The van der Waals surface area contributed by atoms with Gasteiger partial charge in [-0.15, -0.1) is 0 Å². The Labute approximate surface area is 157 Å². The minimum atomic E-state index is -0.902. The lowest BCUT2D eigenvalue weighted by atomic mass is 9.76. The number of rotatable bonds is 4. The van der Waals surface area contributed by atoms with Crippen molar-refractivity contribution in [1.29, 1.82) is 0 Å². The van der Waals surface area contributed by atoms with Crippen LogP contribution in [0.1, 0.15) is 26.7 Å². The van der Waals surface area contributed by atoms with E-state index in [1.54, 1.807) is 34.1 Å². The molecule has 2 aliphatic rings. The summed E-state index contributed by atoms with van der Waals surface area (Å²) in [6, 6.07) is 7.06. The third kappa shape index (κ3) is 3.07. The first kappa shape index (κ1) is 18.7. The lowest BCUT2D eigenvalue weighted by Gasteiger charge is -2.29. The van der Waals surface area contributed by atoms with Gasteiger partial charge in [-0.2, -0.15) is 0 Å². The molecule has 3 rings (SSSR count). The van der Waals surface area contributed by atoms with E-state index in [2.05, 4.69) is 0 Å². The van der Waals surface area contributed by atoms with Crippen LogP contribution in [0.4, 0.5) is 5.69 Å². The first-order chi connectivity index (χ1) is 12.3. The Bertz CT molecular complexity index is 751. The number of halogens is 1. The van der Waals surface area contributed by atoms with E-state index < -0.39 is 17.3 Å². The molecule has 2 saturated heterocycles. The highest BCUT2D eigenvalue weighted by molar-refractivity contribution is 6.33. The fourth-order valence-corrected chi connectivity index (χ4v) is 4.19. The normalized spacial score (nSPS) is 26.0. The number of nitrogens with zero attached hydrogens (tertiary/aromatic N) is 2. The van der Waals surface area contributed by atoms with Gasteiger partial charge in [0.25, 0.3) is 0 Å². The van der Waals surface area contributed by atoms with Gasteiger partial charge in [-0.05, 0) is 24.5 Å². The van der Waals surface area contributed by atoms with Gasteiger partial charge in [0.1, 0.15) is 0 Å². The fourth-order valence-electron chi connectivity index (χ4n) is 3.95. The van der Waals surface area contributed by atoms with Gasteiger partial charge in [0, 0.05) is 26.1 Å². The summed E-state index contributed by atoms with van der Waals surface area (Å²) in [5.41, 5.74) is -0.293. The van der Waals surface area contributed by atoms with Gasteiger partial charge < -0.3 is 14.9 Å². The third-order valence-corrected chi connectivity index (χ3v) is 6.08. The lowest BCUT2D eigenvalue weighted by molar-refractivity contribution is -0.151.